The first-order valence-corrected chi connectivity index (χ1v) is 10.4. The lowest BCUT2D eigenvalue weighted by atomic mass is 10.2. The number of rotatable bonds is 9. The molecule has 0 saturated carbocycles. The van der Waals surface area contributed by atoms with E-state index in [0.29, 0.717) is 28.2 Å². The maximum Gasteiger partial charge on any atom is 0.234 e. The molecular weight excluding hydrogens is 427 g/mol. The zero-order valence-electron chi connectivity index (χ0n) is 16.3. The molecule has 1 amide bonds. The van der Waals surface area contributed by atoms with E-state index in [1.165, 1.54) is 17.8 Å². The number of anilines is 1. The summed E-state index contributed by atoms with van der Waals surface area (Å²) in [5.41, 5.74) is 1.56. The number of hydrogen-bond acceptors (Lipinski definition) is 5. The van der Waals surface area contributed by atoms with Crippen LogP contribution in [-0.4, -0.2) is 26.4 Å². The topological polar surface area (TPSA) is 69.0 Å². The summed E-state index contributed by atoms with van der Waals surface area (Å²) in [7, 11) is 0. The van der Waals surface area contributed by atoms with Crippen LogP contribution in [0.25, 0.3) is 0 Å². The first-order chi connectivity index (χ1) is 14.5. The van der Waals surface area contributed by atoms with Gasteiger partial charge in [0.25, 0.3) is 0 Å². The second-order valence-electron chi connectivity index (χ2n) is 6.32. The molecule has 0 radical (unpaired) electrons. The van der Waals surface area contributed by atoms with Crippen molar-refractivity contribution in [2.45, 2.75) is 25.2 Å². The van der Waals surface area contributed by atoms with E-state index < -0.39 is 5.82 Å². The van der Waals surface area contributed by atoms with Crippen LogP contribution in [0, 0.1) is 12.7 Å². The lowest BCUT2D eigenvalue weighted by molar-refractivity contribution is -0.113. The number of allylic oxidation sites excluding steroid dienone is 1. The number of carbonyl (C=O) groups excluding carboxylic acids is 1. The van der Waals surface area contributed by atoms with Gasteiger partial charge in [-0.15, -0.1) is 16.8 Å². The van der Waals surface area contributed by atoms with Gasteiger partial charge in [0.1, 0.15) is 6.61 Å². The van der Waals surface area contributed by atoms with Gasteiger partial charge in [0.2, 0.25) is 5.91 Å². The zero-order chi connectivity index (χ0) is 21.5. The van der Waals surface area contributed by atoms with Crippen molar-refractivity contribution in [1.82, 2.24) is 14.8 Å². The summed E-state index contributed by atoms with van der Waals surface area (Å²) in [5.74, 6) is 0.129. The molecule has 1 aromatic heterocycles. The van der Waals surface area contributed by atoms with Crippen molar-refractivity contribution in [3.63, 3.8) is 0 Å². The van der Waals surface area contributed by atoms with Gasteiger partial charge in [-0.05, 0) is 36.8 Å². The molecule has 156 valence electrons. The Labute approximate surface area is 183 Å². The van der Waals surface area contributed by atoms with Crippen molar-refractivity contribution in [3.05, 3.63) is 77.3 Å². The number of para-hydroxylation sites is 1. The average molecular weight is 447 g/mol. The summed E-state index contributed by atoms with van der Waals surface area (Å²) in [6.07, 6.45) is 1.69. The number of nitrogens with zero attached hydrogens (tertiary/aromatic N) is 3. The third kappa shape index (κ3) is 5.61. The van der Waals surface area contributed by atoms with Crippen LogP contribution in [0.2, 0.25) is 5.02 Å². The smallest absolute Gasteiger partial charge is 0.234 e. The van der Waals surface area contributed by atoms with Gasteiger partial charge in [-0.1, -0.05) is 47.6 Å². The molecule has 0 bridgehead atoms. The number of aryl methyl sites for hydroxylation is 1. The van der Waals surface area contributed by atoms with Gasteiger partial charge in [-0.25, -0.2) is 4.39 Å². The van der Waals surface area contributed by atoms with E-state index in [1.807, 2.05) is 13.0 Å². The molecule has 0 aliphatic rings. The number of benzene rings is 2. The minimum atomic E-state index is -0.449. The van der Waals surface area contributed by atoms with Crippen LogP contribution in [0.15, 0.2) is 60.3 Å². The van der Waals surface area contributed by atoms with Gasteiger partial charge in [-0.3, -0.25) is 9.36 Å². The van der Waals surface area contributed by atoms with Crippen molar-refractivity contribution < 1.29 is 13.9 Å². The van der Waals surface area contributed by atoms with Crippen molar-refractivity contribution in [2.75, 3.05) is 11.1 Å². The summed E-state index contributed by atoms with van der Waals surface area (Å²) in [6, 6.07) is 11.5. The van der Waals surface area contributed by atoms with E-state index in [0.717, 1.165) is 5.56 Å². The van der Waals surface area contributed by atoms with Gasteiger partial charge < -0.3 is 10.1 Å². The average Bonchev–Trinajstić information content (AvgIpc) is 3.10. The highest BCUT2D eigenvalue weighted by molar-refractivity contribution is 7.99. The van der Waals surface area contributed by atoms with Crippen LogP contribution in [0.1, 0.15) is 11.4 Å². The summed E-state index contributed by atoms with van der Waals surface area (Å²) in [4.78, 5) is 12.3. The normalized spacial score (nSPS) is 10.6. The first kappa shape index (κ1) is 21.9. The van der Waals surface area contributed by atoms with Crippen LogP contribution < -0.4 is 10.1 Å². The third-order valence-electron chi connectivity index (χ3n) is 4.09. The van der Waals surface area contributed by atoms with Gasteiger partial charge in [0.05, 0.1) is 5.75 Å². The standard InChI is InChI=1S/C21H20ClFN4O2S/c1-3-10-27-19(12-29-18-7-5-4-6-17(18)23)25-26-21(27)30-13-20(28)24-15-9-8-14(2)16(22)11-15/h3-9,11H,1,10,12-13H2,2H3,(H,24,28). The molecule has 0 atom stereocenters. The molecule has 6 nitrogen and oxygen atoms in total. The Hall–Kier alpha value is -2.84. The molecule has 0 aliphatic heterocycles. The number of amides is 1. The molecular formula is C21H20ClFN4O2S. The van der Waals surface area contributed by atoms with Crippen molar-refractivity contribution in [3.8, 4) is 5.75 Å². The number of thioether (sulfide) groups is 1. The summed E-state index contributed by atoms with van der Waals surface area (Å²) >= 11 is 7.32. The third-order valence-corrected chi connectivity index (χ3v) is 5.46. The van der Waals surface area contributed by atoms with E-state index >= 15 is 0 Å². The van der Waals surface area contributed by atoms with Crippen LogP contribution >= 0.6 is 23.4 Å². The molecule has 0 spiro atoms. The molecule has 0 fully saturated rings. The van der Waals surface area contributed by atoms with Crippen LogP contribution in [0.3, 0.4) is 0 Å². The summed E-state index contributed by atoms with van der Waals surface area (Å²) in [5, 5.41) is 12.2. The van der Waals surface area contributed by atoms with Crippen molar-refractivity contribution >= 4 is 35.0 Å². The number of hydrogen-bond donors (Lipinski definition) is 1. The second kappa shape index (κ2) is 10.3. The molecule has 0 saturated heterocycles. The summed E-state index contributed by atoms with van der Waals surface area (Å²) < 4.78 is 21.0. The lowest BCUT2D eigenvalue weighted by Crippen LogP contribution is -2.15. The maximum atomic E-state index is 13.7. The number of halogens is 2. The van der Waals surface area contributed by atoms with Crippen molar-refractivity contribution in [1.29, 1.82) is 0 Å². The molecule has 3 aromatic rings. The van der Waals surface area contributed by atoms with E-state index in [9.17, 15) is 9.18 Å². The fourth-order valence-electron chi connectivity index (χ4n) is 2.55. The minimum absolute atomic E-state index is 0.0381. The van der Waals surface area contributed by atoms with Crippen LogP contribution in [-0.2, 0) is 17.9 Å². The Morgan fingerprint density at radius 2 is 2.13 bits per heavy atom. The monoisotopic (exact) mass is 446 g/mol. The quantitative estimate of drug-likeness (QED) is 0.375. The Balaban J connectivity index is 1.62. The SMILES string of the molecule is C=CCn1c(COc2ccccc2F)nnc1SCC(=O)Nc1ccc(C)c(Cl)c1. The van der Waals surface area contributed by atoms with E-state index in [2.05, 4.69) is 22.1 Å². The molecule has 1 heterocycles. The highest BCUT2D eigenvalue weighted by atomic mass is 35.5. The molecule has 3 rings (SSSR count). The largest absolute Gasteiger partial charge is 0.483 e. The first-order valence-electron chi connectivity index (χ1n) is 9.07. The number of nitrogens with one attached hydrogen (secondary N) is 1. The molecule has 9 heteroatoms. The van der Waals surface area contributed by atoms with Gasteiger partial charge in [-0.2, -0.15) is 0 Å². The van der Waals surface area contributed by atoms with E-state index in [4.69, 9.17) is 16.3 Å². The Bertz CT molecular complexity index is 1060. The highest BCUT2D eigenvalue weighted by Crippen LogP contribution is 2.22. The van der Waals surface area contributed by atoms with Crippen LogP contribution in [0.4, 0.5) is 10.1 Å². The van der Waals surface area contributed by atoms with Gasteiger partial charge in [0, 0.05) is 17.3 Å². The molecule has 2 aromatic carbocycles. The lowest BCUT2D eigenvalue weighted by Gasteiger charge is -2.10. The zero-order valence-corrected chi connectivity index (χ0v) is 17.8. The number of aromatic nitrogens is 3. The molecule has 1 N–H and O–H groups in total. The predicted octanol–water partition coefficient (Wildman–Crippen LogP) is 4.87. The fourth-order valence-corrected chi connectivity index (χ4v) is 3.49. The molecule has 0 aliphatic carbocycles. The molecule has 30 heavy (non-hydrogen) atoms. The second-order valence-corrected chi connectivity index (χ2v) is 7.67. The van der Waals surface area contributed by atoms with E-state index in [1.54, 1.807) is 41.0 Å². The highest BCUT2D eigenvalue weighted by Gasteiger charge is 2.15. The van der Waals surface area contributed by atoms with Crippen LogP contribution in [0.5, 0.6) is 5.75 Å². The van der Waals surface area contributed by atoms with E-state index in [-0.39, 0.29) is 24.0 Å². The Kier molecular flexibility index (Phi) is 7.48. The minimum Gasteiger partial charge on any atom is -0.483 e. The molecule has 0 unspecified atom stereocenters. The van der Waals surface area contributed by atoms with Gasteiger partial charge >= 0.3 is 0 Å². The predicted molar refractivity (Wildman–Crippen MR) is 116 cm³/mol. The number of ether oxygens (including phenoxy) is 1. The maximum absolute atomic E-state index is 13.7. The van der Waals surface area contributed by atoms with Crippen molar-refractivity contribution in [2.24, 2.45) is 0 Å². The Morgan fingerprint density at radius 1 is 1.33 bits per heavy atom. The Morgan fingerprint density at radius 3 is 2.87 bits per heavy atom. The summed E-state index contributed by atoms with van der Waals surface area (Å²) in [6.45, 7) is 6.10. The number of carbonyl (C=O) groups is 1. The fraction of sp³-hybridized carbons (Fsp3) is 0.190. The van der Waals surface area contributed by atoms with Gasteiger partial charge in [0.15, 0.2) is 22.5 Å².